The highest BCUT2D eigenvalue weighted by atomic mass is 35.5. The summed E-state index contributed by atoms with van der Waals surface area (Å²) in [5, 5.41) is 4.37. The molecule has 1 aromatic carbocycles. The normalized spacial score (nSPS) is 16.7. The summed E-state index contributed by atoms with van der Waals surface area (Å²) in [7, 11) is 0. The molecule has 0 aromatic heterocycles. The molecular weight excluding hydrogens is 260 g/mol. The first-order chi connectivity index (χ1) is 9.06. The first-order valence-electron chi connectivity index (χ1n) is 6.80. The number of piperidine rings is 1. The molecule has 0 unspecified atom stereocenters. The standard InChI is InChI=1S/C15H21ClN2O/c1-11-3-4-13(9-15(11)16)10-17-14-5-7-18(8-6-14)12(2)19/h3-4,9,14,17H,5-8,10H2,1-2H3. The monoisotopic (exact) mass is 280 g/mol. The van der Waals surface area contributed by atoms with E-state index in [0.29, 0.717) is 6.04 Å². The molecule has 1 N–H and O–H groups in total. The van der Waals surface area contributed by atoms with Gasteiger partial charge < -0.3 is 10.2 Å². The fraction of sp³-hybridized carbons (Fsp3) is 0.533. The quantitative estimate of drug-likeness (QED) is 0.923. The SMILES string of the molecule is CC(=O)N1CCC(NCc2ccc(C)c(Cl)c2)CC1. The Morgan fingerprint density at radius 3 is 2.68 bits per heavy atom. The maximum Gasteiger partial charge on any atom is 0.219 e. The molecule has 19 heavy (non-hydrogen) atoms. The average Bonchev–Trinajstić information content (AvgIpc) is 2.40. The third-order valence-electron chi connectivity index (χ3n) is 3.77. The van der Waals surface area contributed by atoms with Crippen molar-refractivity contribution in [2.24, 2.45) is 0 Å². The van der Waals surface area contributed by atoms with E-state index in [9.17, 15) is 4.79 Å². The molecular formula is C15H21ClN2O. The van der Waals surface area contributed by atoms with E-state index in [-0.39, 0.29) is 5.91 Å². The van der Waals surface area contributed by atoms with Gasteiger partial charge in [-0.25, -0.2) is 0 Å². The zero-order chi connectivity index (χ0) is 13.8. The first kappa shape index (κ1) is 14.4. The Kier molecular flexibility index (Phi) is 4.83. The highest BCUT2D eigenvalue weighted by Crippen LogP contribution is 2.17. The number of hydrogen-bond donors (Lipinski definition) is 1. The summed E-state index contributed by atoms with van der Waals surface area (Å²) in [5.41, 5.74) is 2.32. The molecule has 0 spiro atoms. The summed E-state index contributed by atoms with van der Waals surface area (Å²) < 4.78 is 0. The van der Waals surface area contributed by atoms with Gasteiger partial charge in [-0.3, -0.25) is 4.79 Å². The minimum absolute atomic E-state index is 0.184. The molecule has 1 aliphatic heterocycles. The van der Waals surface area contributed by atoms with Crippen molar-refractivity contribution in [3.8, 4) is 0 Å². The second-order valence-electron chi connectivity index (χ2n) is 5.24. The number of aryl methyl sites for hydroxylation is 1. The zero-order valence-corrected chi connectivity index (χ0v) is 12.3. The number of amides is 1. The summed E-state index contributed by atoms with van der Waals surface area (Å²) in [5.74, 6) is 0.184. The predicted molar refractivity (Wildman–Crippen MR) is 78.3 cm³/mol. The molecule has 1 saturated heterocycles. The van der Waals surface area contributed by atoms with E-state index in [2.05, 4.69) is 17.4 Å². The smallest absolute Gasteiger partial charge is 0.219 e. The number of rotatable bonds is 3. The molecule has 0 atom stereocenters. The van der Waals surface area contributed by atoms with Crippen molar-refractivity contribution in [2.45, 2.75) is 39.3 Å². The molecule has 1 aliphatic rings. The lowest BCUT2D eigenvalue weighted by atomic mass is 10.0. The molecule has 1 fully saturated rings. The summed E-state index contributed by atoms with van der Waals surface area (Å²) in [6.45, 7) is 6.22. The molecule has 1 heterocycles. The van der Waals surface area contributed by atoms with Crippen LogP contribution in [0.3, 0.4) is 0 Å². The van der Waals surface area contributed by atoms with E-state index in [1.54, 1.807) is 6.92 Å². The fourth-order valence-corrected chi connectivity index (χ4v) is 2.61. The third-order valence-corrected chi connectivity index (χ3v) is 4.18. The zero-order valence-electron chi connectivity index (χ0n) is 11.6. The number of carbonyl (C=O) groups excluding carboxylic acids is 1. The Bertz CT molecular complexity index is 453. The molecule has 4 heteroatoms. The van der Waals surface area contributed by atoms with Crippen LogP contribution >= 0.6 is 11.6 Å². The van der Waals surface area contributed by atoms with Crippen LogP contribution in [0.5, 0.6) is 0 Å². The molecule has 2 rings (SSSR count). The number of hydrogen-bond acceptors (Lipinski definition) is 2. The van der Waals surface area contributed by atoms with Gasteiger partial charge in [0.05, 0.1) is 0 Å². The number of carbonyl (C=O) groups is 1. The second kappa shape index (κ2) is 6.40. The summed E-state index contributed by atoms with van der Waals surface area (Å²) in [6, 6.07) is 6.68. The van der Waals surface area contributed by atoms with E-state index in [1.165, 1.54) is 5.56 Å². The van der Waals surface area contributed by atoms with Crippen molar-refractivity contribution >= 4 is 17.5 Å². The van der Waals surface area contributed by atoms with Gasteiger partial charge in [0.2, 0.25) is 5.91 Å². The number of halogens is 1. The maximum atomic E-state index is 11.2. The van der Waals surface area contributed by atoms with Crippen molar-refractivity contribution in [3.63, 3.8) is 0 Å². The first-order valence-corrected chi connectivity index (χ1v) is 7.18. The van der Waals surface area contributed by atoms with Crippen molar-refractivity contribution < 1.29 is 4.79 Å². The van der Waals surface area contributed by atoms with Crippen LogP contribution < -0.4 is 5.32 Å². The molecule has 1 amide bonds. The van der Waals surface area contributed by atoms with Crippen LogP contribution in [0.25, 0.3) is 0 Å². The van der Waals surface area contributed by atoms with Gasteiger partial charge in [-0.2, -0.15) is 0 Å². The van der Waals surface area contributed by atoms with Crippen LogP contribution in [0, 0.1) is 6.92 Å². The fourth-order valence-electron chi connectivity index (χ4n) is 2.41. The highest BCUT2D eigenvalue weighted by Gasteiger charge is 2.19. The van der Waals surface area contributed by atoms with Crippen LogP contribution in [-0.2, 0) is 11.3 Å². The van der Waals surface area contributed by atoms with Crippen LogP contribution in [0.1, 0.15) is 30.9 Å². The summed E-state index contributed by atoms with van der Waals surface area (Å²) in [6.07, 6.45) is 2.05. The number of nitrogens with one attached hydrogen (secondary N) is 1. The minimum atomic E-state index is 0.184. The lowest BCUT2D eigenvalue weighted by Crippen LogP contribution is -2.43. The number of nitrogens with zero attached hydrogens (tertiary/aromatic N) is 1. The minimum Gasteiger partial charge on any atom is -0.343 e. The molecule has 0 aliphatic carbocycles. The van der Waals surface area contributed by atoms with Gasteiger partial charge in [0.1, 0.15) is 0 Å². The Labute approximate surface area is 119 Å². The van der Waals surface area contributed by atoms with Gasteiger partial charge in [0, 0.05) is 37.6 Å². The highest BCUT2D eigenvalue weighted by molar-refractivity contribution is 6.31. The van der Waals surface area contributed by atoms with Crippen molar-refractivity contribution in [1.82, 2.24) is 10.2 Å². The van der Waals surface area contributed by atoms with Gasteiger partial charge >= 0.3 is 0 Å². The molecule has 104 valence electrons. The van der Waals surface area contributed by atoms with Crippen molar-refractivity contribution in [1.29, 1.82) is 0 Å². The van der Waals surface area contributed by atoms with Gasteiger partial charge in [-0.05, 0) is 37.0 Å². The van der Waals surface area contributed by atoms with Gasteiger partial charge in [0.25, 0.3) is 0 Å². The van der Waals surface area contributed by atoms with E-state index in [0.717, 1.165) is 43.1 Å². The molecule has 0 saturated carbocycles. The summed E-state index contributed by atoms with van der Waals surface area (Å²) in [4.78, 5) is 13.2. The van der Waals surface area contributed by atoms with Crippen molar-refractivity contribution in [2.75, 3.05) is 13.1 Å². The molecule has 0 bridgehead atoms. The largest absolute Gasteiger partial charge is 0.343 e. The Morgan fingerprint density at radius 2 is 2.11 bits per heavy atom. The van der Waals surface area contributed by atoms with Crippen LogP contribution in [0.2, 0.25) is 5.02 Å². The predicted octanol–water partition coefficient (Wildman–Crippen LogP) is 2.75. The van der Waals surface area contributed by atoms with Crippen molar-refractivity contribution in [3.05, 3.63) is 34.3 Å². The number of likely N-dealkylation sites (tertiary alicyclic amines) is 1. The van der Waals surface area contributed by atoms with Gasteiger partial charge in [-0.1, -0.05) is 23.7 Å². The Morgan fingerprint density at radius 1 is 1.42 bits per heavy atom. The maximum absolute atomic E-state index is 11.2. The van der Waals surface area contributed by atoms with Crippen LogP contribution in [0.15, 0.2) is 18.2 Å². The van der Waals surface area contributed by atoms with Crippen LogP contribution in [0.4, 0.5) is 0 Å². The van der Waals surface area contributed by atoms with E-state index >= 15 is 0 Å². The lowest BCUT2D eigenvalue weighted by molar-refractivity contribution is -0.129. The molecule has 0 radical (unpaired) electrons. The van der Waals surface area contributed by atoms with E-state index < -0.39 is 0 Å². The average molecular weight is 281 g/mol. The molecule has 3 nitrogen and oxygen atoms in total. The van der Waals surface area contributed by atoms with Crippen LogP contribution in [-0.4, -0.2) is 29.9 Å². The molecule has 1 aromatic rings. The van der Waals surface area contributed by atoms with Gasteiger partial charge in [-0.15, -0.1) is 0 Å². The topological polar surface area (TPSA) is 32.3 Å². The van der Waals surface area contributed by atoms with E-state index in [4.69, 9.17) is 11.6 Å². The van der Waals surface area contributed by atoms with E-state index in [1.807, 2.05) is 17.9 Å². The van der Waals surface area contributed by atoms with Gasteiger partial charge in [0.15, 0.2) is 0 Å². The Balaban J connectivity index is 1.80. The third kappa shape index (κ3) is 3.95. The lowest BCUT2D eigenvalue weighted by Gasteiger charge is -2.31. The number of benzene rings is 1. The summed E-state index contributed by atoms with van der Waals surface area (Å²) >= 11 is 6.12. The Hall–Kier alpha value is -1.06. The second-order valence-corrected chi connectivity index (χ2v) is 5.65.